The van der Waals surface area contributed by atoms with Crippen molar-refractivity contribution in [3.05, 3.63) is 27.3 Å². The number of nitrogen functional groups attached to an aromatic ring is 1. The van der Waals surface area contributed by atoms with E-state index in [0.717, 1.165) is 27.8 Å². The molecule has 0 aliphatic heterocycles. The van der Waals surface area contributed by atoms with E-state index in [0.29, 0.717) is 5.95 Å². The van der Waals surface area contributed by atoms with Gasteiger partial charge in [-0.25, -0.2) is 9.97 Å². The maximum atomic E-state index is 5.67. The predicted octanol–water partition coefficient (Wildman–Crippen LogP) is 2.61. The van der Waals surface area contributed by atoms with Crippen LogP contribution < -0.4 is 11.1 Å². The summed E-state index contributed by atoms with van der Waals surface area (Å²) in [6, 6.07) is 0.108. The second-order valence-corrected chi connectivity index (χ2v) is 5.22. The summed E-state index contributed by atoms with van der Waals surface area (Å²) in [5.41, 5.74) is 8.63. The minimum Gasteiger partial charge on any atom is -0.368 e. The second-order valence-electron chi connectivity index (χ2n) is 4.33. The molecule has 18 heavy (non-hydrogen) atoms. The van der Waals surface area contributed by atoms with Crippen molar-refractivity contribution in [3.63, 3.8) is 0 Å². The van der Waals surface area contributed by atoms with Gasteiger partial charge in [-0.1, -0.05) is 0 Å². The van der Waals surface area contributed by atoms with Crippen LogP contribution in [0.1, 0.15) is 34.9 Å². The van der Waals surface area contributed by atoms with Crippen molar-refractivity contribution < 1.29 is 0 Å². The first-order chi connectivity index (χ1) is 8.47. The number of hydrogen-bond acceptors (Lipinski definition) is 6. The van der Waals surface area contributed by atoms with Gasteiger partial charge in [0.2, 0.25) is 5.95 Å². The molecule has 3 N–H and O–H groups in total. The van der Waals surface area contributed by atoms with Gasteiger partial charge >= 0.3 is 0 Å². The van der Waals surface area contributed by atoms with Crippen molar-refractivity contribution in [1.29, 1.82) is 0 Å². The first-order valence-corrected chi connectivity index (χ1v) is 6.64. The monoisotopic (exact) mass is 263 g/mol. The largest absolute Gasteiger partial charge is 0.368 e. The average molecular weight is 263 g/mol. The Kier molecular flexibility index (Phi) is 3.47. The van der Waals surface area contributed by atoms with Crippen molar-refractivity contribution in [2.75, 3.05) is 11.1 Å². The minimum absolute atomic E-state index is 0.108. The Morgan fingerprint density at radius 2 is 1.94 bits per heavy atom. The summed E-state index contributed by atoms with van der Waals surface area (Å²) in [5.74, 6) is 1.07. The van der Waals surface area contributed by atoms with E-state index >= 15 is 0 Å². The second kappa shape index (κ2) is 4.89. The van der Waals surface area contributed by atoms with Crippen LogP contribution >= 0.6 is 11.3 Å². The number of nitrogens with zero attached hydrogens (tertiary/aromatic N) is 3. The Bertz CT molecular complexity index is 564. The lowest BCUT2D eigenvalue weighted by Gasteiger charge is -2.15. The van der Waals surface area contributed by atoms with Gasteiger partial charge in [0, 0.05) is 22.3 Å². The molecule has 5 nitrogen and oxygen atoms in total. The van der Waals surface area contributed by atoms with E-state index in [1.165, 1.54) is 0 Å². The SMILES string of the molecule is Cc1csc([C@@H](C)Nc2nc(N)nc(C)c2C)n1. The fourth-order valence-corrected chi connectivity index (χ4v) is 2.43. The highest BCUT2D eigenvalue weighted by Gasteiger charge is 2.13. The molecule has 0 aliphatic rings. The molecule has 0 fully saturated rings. The molecule has 0 aromatic carbocycles. The summed E-state index contributed by atoms with van der Waals surface area (Å²) in [6.07, 6.45) is 0. The zero-order valence-electron chi connectivity index (χ0n) is 11.0. The summed E-state index contributed by atoms with van der Waals surface area (Å²) in [5, 5.41) is 6.42. The normalized spacial score (nSPS) is 12.4. The van der Waals surface area contributed by atoms with Crippen LogP contribution in [0.4, 0.5) is 11.8 Å². The molecule has 96 valence electrons. The number of thiazole rings is 1. The molecular formula is C12H17N5S. The maximum absolute atomic E-state index is 5.67. The lowest BCUT2D eigenvalue weighted by molar-refractivity contribution is 0.849. The first-order valence-electron chi connectivity index (χ1n) is 5.76. The molecule has 0 saturated heterocycles. The van der Waals surface area contributed by atoms with E-state index in [1.54, 1.807) is 11.3 Å². The zero-order chi connectivity index (χ0) is 13.3. The molecule has 2 rings (SSSR count). The number of hydrogen-bond donors (Lipinski definition) is 2. The van der Waals surface area contributed by atoms with Crippen molar-refractivity contribution >= 4 is 23.1 Å². The van der Waals surface area contributed by atoms with Crippen molar-refractivity contribution in [2.45, 2.75) is 33.7 Å². The molecule has 0 aliphatic carbocycles. The van der Waals surface area contributed by atoms with Gasteiger partial charge in [0.15, 0.2) is 0 Å². The van der Waals surface area contributed by atoms with Crippen LogP contribution in [0.25, 0.3) is 0 Å². The molecule has 1 atom stereocenters. The molecule has 0 bridgehead atoms. The van der Waals surface area contributed by atoms with Gasteiger partial charge in [0.05, 0.1) is 6.04 Å². The van der Waals surface area contributed by atoms with Crippen molar-refractivity contribution in [1.82, 2.24) is 15.0 Å². The fraction of sp³-hybridized carbons (Fsp3) is 0.417. The summed E-state index contributed by atoms with van der Waals surface area (Å²) in [4.78, 5) is 12.8. The number of aryl methyl sites for hydroxylation is 2. The van der Waals surface area contributed by atoms with Gasteiger partial charge in [0.1, 0.15) is 10.8 Å². The maximum Gasteiger partial charge on any atom is 0.222 e. The third-order valence-electron chi connectivity index (χ3n) is 2.77. The van der Waals surface area contributed by atoms with Crippen LogP contribution in [0.15, 0.2) is 5.38 Å². The van der Waals surface area contributed by atoms with Crippen LogP contribution in [0.5, 0.6) is 0 Å². The highest BCUT2D eigenvalue weighted by Crippen LogP contribution is 2.24. The standard InChI is InChI=1S/C12H17N5S/c1-6-5-18-11(14-6)9(4)15-10-7(2)8(3)16-12(13)17-10/h5,9H,1-4H3,(H3,13,15,16,17)/t9-/m1/s1. The molecule has 2 aromatic heterocycles. The molecule has 0 radical (unpaired) electrons. The first kappa shape index (κ1) is 12.8. The van der Waals surface area contributed by atoms with Gasteiger partial charge < -0.3 is 11.1 Å². The Hall–Kier alpha value is -1.69. The Morgan fingerprint density at radius 3 is 2.56 bits per heavy atom. The zero-order valence-corrected chi connectivity index (χ0v) is 11.8. The van der Waals surface area contributed by atoms with Gasteiger partial charge in [0.25, 0.3) is 0 Å². The average Bonchev–Trinajstić information content (AvgIpc) is 2.72. The summed E-state index contributed by atoms with van der Waals surface area (Å²) in [7, 11) is 0. The highest BCUT2D eigenvalue weighted by atomic mass is 32.1. The van der Waals surface area contributed by atoms with E-state index in [2.05, 4.69) is 27.2 Å². The molecule has 0 unspecified atom stereocenters. The van der Waals surface area contributed by atoms with Crippen molar-refractivity contribution in [3.8, 4) is 0 Å². The summed E-state index contributed by atoms with van der Waals surface area (Å²) >= 11 is 1.64. The van der Waals surface area contributed by atoms with Gasteiger partial charge in [-0.15, -0.1) is 11.3 Å². The fourth-order valence-electron chi connectivity index (χ4n) is 1.63. The van der Waals surface area contributed by atoms with Gasteiger partial charge in [-0.05, 0) is 27.7 Å². The van der Waals surface area contributed by atoms with E-state index in [9.17, 15) is 0 Å². The molecule has 2 heterocycles. The third kappa shape index (κ3) is 2.59. The van der Waals surface area contributed by atoms with Crippen molar-refractivity contribution in [2.24, 2.45) is 0 Å². The molecule has 0 spiro atoms. The number of nitrogens with one attached hydrogen (secondary N) is 1. The van der Waals surface area contributed by atoms with Crippen LogP contribution in [0, 0.1) is 20.8 Å². The van der Waals surface area contributed by atoms with E-state index in [-0.39, 0.29) is 6.04 Å². The van der Waals surface area contributed by atoms with E-state index in [4.69, 9.17) is 5.73 Å². The van der Waals surface area contributed by atoms with E-state index < -0.39 is 0 Å². The van der Waals surface area contributed by atoms with Crippen LogP contribution in [0.3, 0.4) is 0 Å². The van der Waals surface area contributed by atoms with E-state index in [1.807, 2.05) is 26.2 Å². The van der Waals surface area contributed by atoms with Crippen LogP contribution in [-0.2, 0) is 0 Å². The molecule has 2 aromatic rings. The summed E-state index contributed by atoms with van der Waals surface area (Å²) < 4.78 is 0. The molecule has 0 saturated carbocycles. The Balaban J connectivity index is 2.24. The van der Waals surface area contributed by atoms with Crippen LogP contribution in [0.2, 0.25) is 0 Å². The molecule has 0 amide bonds. The van der Waals surface area contributed by atoms with Gasteiger partial charge in [-0.3, -0.25) is 0 Å². The van der Waals surface area contributed by atoms with Crippen LogP contribution in [-0.4, -0.2) is 15.0 Å². The third-order valence-corrected chi connectivity index (χ3v) is 3.91. The smallest absolute Gasteiger partial charge is 0.222 e. The topological polar surface area (TPSA) is 76.7 Å². The number of nitrogens with two attached hydrogens (primary N) is 1. The minimum atomic E-state index is 0.108. The van der Waals surface area contributed by atoms with Gasteiger partial charge in [-0.2, -0.15) is 4.98 Å². The molecule has 6 heteroatoms. The highest BCUT2D eigenvalue weighted by molar-refractivity contribution is 7.09. The molecular weight excluding hydrogens is 246 g/mol. The predicted molar refractivity (Wildman–Crippen MR) is 74.8 cm³/mol. The quantitative estimate of drug-likeness (QED) is 0.890. The number of anilines is 2. The lowest BCUT2D eigenvalue weighted by atomic mass is 10.2. The summed E-state index contributed by atoms with van der Waals surface area (Å²) in [6.45, 7) is 7.96. The Morgan fingerprint density at radius 1 is 1.22 bits per heavy atom. The lowest BCUT2D eigenvalue weighted by Crippen LogP contribution is -2.11. The Labute approximate surface area is 111 Å². The number of aromatic nitrogens is 3. The number of rotatable bonds is 3.